The minimum Gasteiger partial charge on any atom is -0.390 e. The fourth-order valence-electron chi connectivity index (χ4n) is 2.77. The fraction of sp³-hybridized carbons (Fsp3) is 0.667. The van der Waals surface area contributed by atoms with E-state index < -0.39 is 18.0 Å². The van der Waals surface area contributed by atoms with Crippen molar-refractivity contribution in [3.05, 3.63) is 10.4 Å². The minimum absolute atomic E-state index is 0.0436. The summed E-state index contributed by atoms with van der Waals surface area (Å²) in [5.41, 5.74) is 6.37. The highest BCUT2D eigenvalue weighted by Gasteiger charge is 2.42. The maximum absolute atomic E-state index is 10.1. The van der Waals surface area contributed by atoms with Gasteiger partial charge in [-0.25, -0.2) is 4.98 Å². The highest BCUT2D eigenvalue weighted by atomic mass is 35.5. The molecule has 2 aliphatic rings. The molecular weight excluding hydrogens is 333 g/mol. The number of rotatable bonds is 3. The number of ether oxygens (including phenoxy) is 1. The number of anilines is 2. The van der Waals surface area contributed by atoms with Gasteiger partial charge >= 0.3 is 0 Å². The number of hydrogen-bond donors (Lipinski definition) is 4. The maximum atomic E-state index is 10.1. The van der Waals surface area contributed by atoms with E-state index in [9.17, 15) is 10.2 Å². The van der Waals surface area contributed by atoms with Crippen LogP contribution in [0.1, 0.15) is 26.7 Å². The largest absolute Gasteiger partial charge is 0.390 e. The van der Waals surface area contributed by atoms with Gasteiger partial charge in [0.2, 0.25) is 5.28 Å². The molecule has 0 radical (unpaired) electrons. The number of aliphatic hydroxyl groups excluding tert-OH is 1. The van der Waals surface area contributed by atoms with Crippen LogP contribution in [-0.4, -0.2) is 44.2 Å². The Labute approximate surface area is 137 Å². The van der Waals surface area contributed by atoms with Crippen LogP contribution in [0.5, 0.6) is 0 Å². The summed E-state index contributed by atoms with van der Waals surface area (Å²) < 4.78 is 5.48. The van der Waals surface area contributed by atoms with Gasteiger partial charge in [-0.3, -0.25) is 10.4 Å². The molecule has 0 amide bonds. The second kappa shape index (κ2) is 5.63. The van der Waals surface area contributed by atoms with Gasteiger partial charge in [0.15, 0.2) is 16.8 Å². The number of nitrogens with one attached hydrogen (secondary N) is 2. The van der Waals surface area contributed by atoms with Crippen LogP contribution >= 0.6 is 23.2 Å². The summed E-state index contributed by atoms with van der Waals surface area (Å²) in [7, 11) is 0. The molecule has 122 valence electrons. The third kappa shape index (κ3) is 3.08. The summed E-state index contributed by atoms with van der Waals surface area (Å²) in [5, 5.41) is 21.9. The molecule has 2 heterocycles. The number of hydrogen-bond acceptors (Lipinski definition) is 8. The van der Waals surface area contributed by atoms with E-state index in [0.717, 1.165) is 0 Å². The van der Waals surface area contributed by atoms with Crippen LogP contribution in [0.2, 0.25) is 10.4 Å². The Bertz CT molecular complexity index is 583. The van der Waals surface area contributed by atoms with Crippen molar-refractivity contribution in [3.63, 3.8) is 0 Å². The summed E-state index contributed by atoms with van der Waals surface area (Å²) in [6.45, 7) is 3.07. The van der Waals surface area contributed by atoms with Gasteiger partial charge in [0, 0.05) is 0 Å². The molecule has 1 aliphatic heterocycles. The highest BCUT2D eigenvalue weighted by Crippen LogP contribution is 2.38. The highest BCUT2D eigenvalue weighted by molar-refractivity contribution is 6.34. The molecule has 1 saturated carbocycles. The van der Waals surface area contributed by atoms with Gasteiger partial charge in [-0.2, -0.15) is 4.98 Å². The Morgan fingerprint density at radius 1 is 1.32 bits per heavy atom. The van der Waals surface area contributed by atoms with Crippen LogP contribution in [0.25, 0.3) is 0 Å². The number of fused-ring (bicyclic) bond motifs is 1. The molecule has 3 rings (SSSR count). The number of halogens is 2. The topological polar surface area (TPSA) is 103 Å². The van der Waals surface area contributed by atoms with Gasteiger partial charge < -0.3 is 14.9 Å². The Balaban J connectivity index is 1.78. The lowest BCUT2D eigenvalue weighted by molar-refractivity contribution is -0.219. The first-order valence-corrected chi connectivity index (χ1v) is 7.62. The molecule has 0 bridgehead atoms. The Morgan fingerprint density at radius 2 is 2.05 bits per heavy atom. The first kappa shape index (κ1) is 16.0. The summed E-state index contributed by atoms with van der Waals surface area (Å²) in [4.78, 5) is 8.03. The monoisotopic (exact) mass is 349 g/mol. The van der Waals surface area contributed by atoms with E-state index in [0.29, 0.717) is 24.3 Å². The van der Waals surface area contributed by atoms with Gasteiger partial charge in [-0.05, 0) is 38.3 Å². The zero-order chi connectivity index (χ0) is 16.1. The molecule has 4 N–H and O–H groups in total. The standard InChI is InChI=1S/C12H17Cl2N5O3/c1-12(2,21)22-7-4-5(3-6(7)20)19-10-8(17-18-19)9(13)15-11(14)16-10/h5-7,17-18,20-21H,3-4H2,1-2H3. The van der Waals surface area contributed by atoms with Crippen LogP contribution in [0, 0.1) is 0 Å². The van der Waals surface area contributed by atoms with Gasteiger partial charge in [0.1, 0.15) is 5.69 Å². The smallest absolute Gasteiger partial charge is 0.225 e. The molecule has 22 heavy (non-hydrogen) atoms. The van der Waals surface area contributed by atoms with Gasteiger partial charge in [0.25, 0.3) is 0 Å². The van der Waals surface area contributed by atoms with Crippen LogP contribution in [-0.2, 0) is 4.74 Å². The fourth-order valence-corrected chi connectivity index (χ4v) is 3.19. The summed E-state index contributed by atoms with van der Waals surface area (Å²) >= 11 is 11.9. The van der Waals surface area contributed by atoms with E-state index in [-0.39, 0.29) is 16.5 Å². The lowest BCUT2D eigenvalue weighted by Gasteiger charge is -2.26. The summed E-state index contributed by atoms with van der Waals surface area (Å²) in [6.07, 6.45) is -0.189. The molecule has 1 aromatic heterocycles. The third-order valence-corrected chi connectivity index (χ3v) is 4.04. The molecule has 3 unspecified atom stereocenters. The van der Waals surface area contributed by atoms with Crippen LogP contribution < -0.4 is 16.0 Å². The van der Waals surface area contributed by atoms with E-state index in [4.69, 9.17) is 27.9 Å². The zero-order valence-corrected chi connectivity index (χ0v) is 13.6. The second-order valence-electron chi connectivity index (χ2n) is 5.88. The third-order valence-electron chi connectivity index (χ3n) is 3.60. The number of hydrazine groups is 2. The number of nitrogens with zero attached hydrogens (tertiary/aromatic N) is 3. The molecular formula is C12H17Cl2N5O3. The van der Waals surface area contributed by atoms with Crippen molar-refractivity contribution in [3.8, 4) is 0 Å². The second-order valence-corrected chi connectivity index (χ2v) is 6.58. The molecule has 0 spiro atoms. The van der Waals surface area contributed by atoms with E-state index in [1.807, 2.05) is 0 Å². The van der Waals surface area contributed by atoms with Crippen molar-refractivity contribution in [1.29, 1.82) is 0 Å². The quantitative estimate of drug-likeness (QED) is 0.365. The normalized spacial score (nSPS) is 27.9. The van der Waals surface area contributed by atoms with E-state index in [1.54, 1.807) is 5.01 Å². The van der Waals surface area contributed by atoms with Crippen molar-refractivity contribution in [2.24, 2.45) is 0 Å². The number of aromatic nitrogens is 2. The first-order valence-electron chi connectivity index (χ1n) is 6.87. The van der Waals surface area contributed by atoms with E-state index in [1.165, 1.54) is 13.8 Å². The van der Waals surface area contributed by atoms with Crippen molar-refractivity contribution < 1.29 is 14.9 Å². The van der Waals surface area contributed by atoms with Crippen LogP contribution in [0.4, 0.5) is 11.5 Å². The predicted molar refractivity (Wildman–Crippen MR) is 81.5 cm³/mol. The van der Waals surface area contributed by atoms with Gasteiger partial charge in [-0.15, -0.1) is 5.53 Å². The minimum atomic E-state index is -1.30. The van der Waals surface area contributed by atoms with Crippen molar-refractivity contribution >= 4 is 34.7 Å². The molecule has 8 nitrogen and oxygen atoms in total. The molecule has 0 saturated heterocycles. The van der Waals surface area contributed by atoms with Gasteiger partial charge in [-0.1, -0.05) is 11.6 Å². The molecule has 1 fully saturated rings. The Morgan fingerprint density at radius 3 is 2.73 bits per heavy atom. The van der Waals surface area contributed by atoms with Crippen LogP contribution in [0.15, 0.2) is 0 Å². The first-order chi connectivity index (χ1) is 10.2. The number of aliphatic hydroxyl groups is 2. The molecule has 1 aliphatic carbocycles. The Kier molecular flexibility index (Phi) is 4.09. The molecule has 1 aromatic rings. The molecule has 3 atom stereocenters. The van der Waals surface area contributed by atoms with Crippen molar-refractivity contribution in [2.75, 3.05) is 10.4 Å². The molecule has 0 aromatic carbocycles. The summed E-state index contributed by atoms with van der Waals surface area (Å²) in [5.74, 6) is -0.782. The van der Waals surface area contributed by atoms with E-state index in [2.05, 4.69) is 20.9 Å². The summed E-state index contributed by atoms with van der Waals surface area (Å²) in [6, 6.07) is -0.0990. The van der Waals surface area contributed by atoms with E-state index >= 15 is 0 Å². The van der Waals surface area contributed by atoms with Crippen molar-refractivity contribution in [1.82, 2.24) is 15.5 Å². The predicted octanol–water partition coefficient (Wildman–Crippen LogP) is 1.07. The average Bonchev–Trinajstić information content (AvgIpc) is 2.92. The average molecular weight is 350 g/mol. The lowest BCUT2D eigenvalue weighted by Crippen LogP contribution is -2.44. The zero-order valence-electron chi connectivity index (χ0n) is 12.0. The maximum Gasteiger partial charge on any atom is 0.225 e. The SMILES string of the molecule is CC(C)(O)OC1CC(N2NNc3c(Cl)nc(Cl)nc32)CC1O. The van der Waals surface area contributed by atoms with Crippen LogP contribution in [0.3, 0.4) is 0 Å². The molecule has 10 heteroatoms. The van der Waals surface area contributed by atoms with Gasteiger partial charge in [0.05, 0.1) is 18.2 Å². The van der Waals surface area contributed by atoms with Crippen molar-refractivity contribution in [2.45, 2.75) is 50.7 Å². The lowest BCUT2D eigenvalue weighted by atomic mass is 10.2. The Hall–Kier alpha value is -0.900.